The zero-order valence-electron chi connectivity index (χ0n) is 17.4. The van der Waals surface area contributed by atoms with Crippen molar-refractivity contribution in [3.05, 3.63) is 64.6 Å². The van der Waals surface area contributed by atoms with Crippen molar-refractivity contribution in [3.8, 4) is 0 Å². The van der Waals surface area contributed by atoms with Crippen molar-refractivity contribution in [3.63, 3.8) is 0 Å². The van der Waals surface area contributed by atoms with Crippen molar-refractivity contribution in [1.29, 1.82) is 0 Å². The van der Waals surface area contributed by atoms with Gasteiger partial charge in [0.2, 0.25) is 5.91 Å². The number of benzene rings is 1. The predicted molar refractivity (Wildman–Crippen MR) is 117 cm³/mol. The van der Waals surface area contributed by atoms with Gasteiger partial charge in [0.1, 0.15) is 11.6 Å². The fourth-order valence-corrected chi connectivity index (χ4v) is 5.63. The van der Waals surface area contributed by atoms with Gasteiger partial charge in [0.25, 0.3) is 0 Å². The summed E-state index contributed by atoms with van der Waals surface area (Å²) in [7, 11) is 1.54. The first kappa shape index (κ1) is 21.2. The molecule has 0 radical (unpaired) electrons. The van der Waals surface area contributed by atoms with Gasteiger partial charge in [-0.05, 0) is 37.1 Å². The minimum atomic E-state index is -0.186. The minimum Gasteiger partial charge on any atom is -0.375 e. The van der Waals surface area contributed by atoms with Gasteiger partial charge in [-0.2, -0.15) is 0 Å². The highest BCUT2D eigenvalue weighted by Crippen LogP contribution is 2.52. The first-order chi connectivity index (χ1) is 14.7. The average Bonchev–Trinajstić information content (AvgIpc) is 3.35. The Labute approximate surface area is 181 Å². The van der Waals surface area contributed by atoms with Crippen LogP contribution in [0, 0.1) is 0 Å². The van der Waals surface area contributed by atoms with Crippen LogP contribution < -0.4 is 5.32 Å². The van der Waals surface area contributed by atoms with E-state index >= 15 is 0 Å². The number of amides is 1. The van der Waals surface area contributed by atoms with Gasteiger partial charge in [-0.15, -0.1) is 17.9 Å². The molecule has 30 heavy (non-hydrogen) atoms. The summed E-state index contributed by atoms with van der Waals surface area (Å²) in [6, 6.07) is 8.27. The molecule has 7 heteroatoms. The number of rotatable bonds is 8. The van der Waals surface area contributed by atoms with Crippen LogP contribution in [0.25, 0.3) is 0 Å². The molecule has 1 aliphatic carbocycles. The SMILES string of the molecule is C=CCO[C@H]1[C@H](NC(=O)COC)c2ccccc2C12CCN(Cc1nccs1)CC2. The van der Waals surface area contributed by atoms with E-state index in [1.54, 1.807) is 17.4 Å². The first-order valence-electron chi connectivity index (χ1n) is 10.4. The highest BCUT2D eigenvalue weighted by atomic mass is 32.1. The van der Waals surface area contributed by atoms with Gasteiger partial charge in [0.05, 0.1) is 25.3 Å². The third-order valence-electron chi connectivity index (χ3n) is 6.26. The van der Waals surface area contributed by atoms with E-state index in [0.717, 1.165) is 43.0 Å². The lowest BCUT2D eigenvalue weighted by atomic mass is 9.72. The summed E-state index contributed by atoms with van der Waals surface area (Å²) < 4.78 is 11.4. The quantitative estimate of drug-likeness (QED) is 0.656. The topological polar surface area (TPSA) is 63.7 Å². The Morgan fingerprint density at radius 1 is 1.40 bits per heavy atom. The molecule has 1 fully saturated rings. The number of carbonyl (C=O) groups excluding carboxylic acids is 1. The number of nitrogens with zero attached hydrogens (tertiary/aromatic N) is 2. The summed E-state index contributed by atoms with van der Waals surface area (Å²) in [6.07, 6.45) is 5.48. The van der Waals surface area contributed by atoms with Crippen molar-refractivity contribution in [1.82, 2.24) is 15.2 Å². The largest absolute Gasteiger partial charge is 0.375 e. The summed E-state index contributed by atoms with van der Waals surface area (Å²) in [5, 5.41) is 6.35. The number of methoxy groups -OCH3 is 1. The zero-order valence-corrected chi connectivity index (χ0v) is 18.2. The van der Waals surface area contributed by atoms with Crippen LogP contribution in [0.1, 0.15) is 35.0 Å². The number of carbonyl (C=O) groups is 1. The van der Waals surface area contributed by atoms with Crippen molar-refractivity contribution >= 4 is 17.2 Å². The number of ether oxygens (including phenoxy) is 2. The summed E-state index contributed by atoms with van der Waals surface area (Å²) in [4.78, 5) is 19.3. The molecule has 0 bridgehead atoms. The molecule has 1 aliphatic heterocycles. The summed E-state index contributed by atoms with van der Waals surface area (Å²) >= 11 is 1.70. The van der Waals surface area contributed by atoms with Gasteiger partial charge >= 0.3 is 0 Å². The molecule has 2 atom stereocenters. The third-order valence-corrected chi connectivity index (χ3v) is 7.02. The van der Waals surface area contributed by atoms with Crippen LogP contribution in [-0.4, -0.2) is 55.3 Å². The Balaban J connectivity index is 1.60. The van der Waals surface area contributed by atoms with Crippen molar-refractivity contribution in [2.24, 2.45) is 0 Å². The molecule has 0 unspecified atom stereocenters. The van der Waals surface area contributed by atoms with Gasteiger partial charge in [-0.3, -0.25) is 9.69 Å². The second kappa shape index (κ2) is 9.39. The summed E-state index contributed by atoms with van der Waals surface area (Å²) in [6.45, 7) is 7.16. The average molecular weight is 428 g/mol. The third kappa shape index (κ3) is 4.07. The number of piperidine rings is 1. The van der Waals surface area contributed by atoms with E-state index < -0.39 is 0 Å². The Morgan fingerprint density at radius 3 is 2.90 bits per heavy atom. The molecule has 1 aromatic heterocycles. The van der Waals surface area contributed by atoms with Crippen LogP contribution in [0.5, 0.6) is 0 Å². The number of fused-ring (bicyclic) bond motifs is 2. The first-order valence-corrected chi connectivity index (χ1v) is 11.3. The van der Waals surface area contributed by atoms with Gasteiger partial charge in [-0.25, -0.2) is 4.98 Å². The van der Waals surface area contributed by atoms with Crippen LogP contribution in [0.15, 0.2) is 48.5 Å². The minimum absolute atomic E-state index is 0.0431. The molecule has 1 aromatic carbocycles. The molecular weight excluding hydrogens is 398 g/mol. The number of nitrogens with one attached hydrogen (secondary N) is 1. The van der Waals surface area contributed by atoms with Gasteiger partial charge in [0, 0.05) is 24.1 Å². The molecule has 4 rings (SSSR count). The number of hydrogen-bond donors (Lipinski definition) is 1. The van der Waals surface area contributed by atoms with Gasteiger partial charge < -0.3 is 14.8 Å². The lowest BCUT2D eigenvalue weighted by molar-refractivity contribution is -0.127. The lowest BCUT2D eigenvalue weighted by Gasteiger charge is -2.44. The standard InChI is InChI=1S/C23H29N3O3S/c1-3-13-29-22-21(25-19(27)16-28-2)17-6-4-5-7-18(17)23(22)8-11-26(12-9-23)15-20-24-10-14-30-20/h3-7,10,14,21-22H,1,8-9,11-13,15-16H2,2H3,(H,25,27)/t21-,22+/m1/s1. The molecule has 1 spiro atoms. The molecule has 1 amide bonds. The number of thiazole rings is 1. The predicted octanol–water partition coefficient (Wildman–Crippen LogP) is 3.07. The molecule has 160 valence electrons. The molecule has 2 aliphatic rings. The molecule has 2 heterocycles. The van der Waals surface area contributed by atoms with Crippen molar-refractivity contribution < 1.29 is 14.3 Å². The molecule has 6 nitrogen and oxygen atoms in total. The molecule has 1 saturated heterocycles. The number of aromatic nitrogens is 1. The fourth-order valence-electron chi connectivity index (χ4n) is 4.97. The van der Waals surface area contributed by atoms with Crippen LogP contribution in [-0.2, 0) is 26.2 Å². The van der Waals surface area contributed by atoms with E-state index in [-0.39, 0.29) is 30.1 Å². The molecule has 2 aromatic rings. The maximum absolute atomic E-state index is 12.4. The van der Waals surface area contributed by atoms with Crippen LogP contribution >= 0.6 is 11.3 Å². The molecular formula is C23H29N3O3S. The fraction of sp³-hybridized carbons (Fsp3) is 0.478. The van der Waals surface area contributed by atoms with Gasteiger partial charge in [0.15, 0.2) is 0 Å². The highest BCUT2D eigenvalue weighted by molar-refractivity contribution is 7.09. The zero-order chi connectivity index (χ0) is 21.0. The monoisotopic (exact) mass is 427 g/mol. The summed E-state index contributed by atoms with van der Waals surface area (Å²) in [5.74, 6) is -0.122. The van der Waals surface area contributed by atoms with Crippen LogP contribution in [0.4, 0.5) is 0 Å². The van der Waals surface area contributed by atoms with E-state index in [4.69, 9.17) is 9.47 Å². The number of hydrogen-bond acceptors (Lipinski definition) is 6. The van der Waals surface area contributed by atoms with E-state index in [9.17, 15) is 4.79 Å². The van der Waals surface area contributed by atoms with E-state index in [2.05, 4.69) is 40.0 Å². The van der Waals surface area contributed by atoms with Gasteiger partial charge in [-0.1, -0.05) is 30.3 Å². The Kier molecular flexibility index (Phi) is 6.63. The Hall–Kier alpha value is -2.06. The maximum atomic E-state index is 12.4. The van der Waals surface area contributed by atoms with E-state index in [1.165, 1.54) is 12.7 Å². The highest BCUT2D eigenvalue weighted by Gasteiger charge is 2.54. The maximum Gasteiger partial charge on any atom is 0.246 e. The Bertz CT molecular complexity index is 862. The molecule has 1 N–H and O–H groups in total. The van der Waals surface area contributed by atoms with Crippen LogP contribution in [0.2, 0.25) is 0 Å². The Morgan fingerprint density at radius 2 is 2.20 bits per heavy atom. The van der Waals surface area contributed by atoms with E-state index in [0.29, 0.717) is 6.61 Å². The second-order valence-corrected chi connectivity index (χ2v) is 8.95. The number of likely N-dealkylation sites (tertiary alicyclic amines) is 1. The van der Waals surface area contributed by atoms with Crippen LogP contribution in [0.3, 0.4) is 0 Å². The normalized spacial score (nSPS) is 22.7. The lowest BCUT2D eigenvalue weighted by Crippen LogP contribution is -2.51. The van der Waals surface area contributed by atoms with Crippen molar-refractivity contribution in [2.45, 2.75) is 36.9 Å². The van der Waals surface area contributed by atoms with Crippen molar-refractivity contribution in [2.75, 3.05) is 33.4 Å². The summed E-state index contributed by atoms with van der Waals surface area (Å²) in [5.41, 5.74) is 2.34. The smallest absolute Gasteiger partial charge is 0.246 e. The molecule has 0 saturated carbocycles. The van der Waals surface area contributed by atoms with E-state index in [1.807, 2.05) is 17.6 Å². The second-order valence-electron chi connectivity index (χ2n) is 7.97.